The molecule has 0 fully saturated rings. The largest absolute Gasteiger partial charge is 0.354 e. The second kappa shape index (κ2) is 3.89. The summed E-state index contributed by atoms with van der Waals surface area (Å²) in [7, 11) is 0. The van der Waals surface area contributed by atoms with Crippen LogP contribution in [0, 0.1) is 12.2 Å². The molecular weight excluding hydrogens is 166 g/mol. The van der Waals surface area contributed by atoms with E-state index in [1.54, 1.807) is 0 Å². The highest BCUT2D eigenvalue weighted by Crippen LogP contribution is 1.98. The number of aromatic nitrogens is 3. The van der Waals surface area contributed by atoms with E-state index in [-0.39, 0.29) is 5.95 Å². The summed E-state index contributed by atoms with van der Waals surface area (Å²) in [5.41, 5.74) is 0. The van der Waals surface area contributed by atoms with Gasteiger partial charge in [0.05, 0.1) is 0 Å². The van der Waals surface area contributed by atoms with Crippen molar-refractivity contribution < 1.29 is 8.78 Å². The van der Waals surface area contributed by atoms with Crippen LogP contribution in [-0.4, -0.2) is 21.5 Å². The van der Waals surface area contributed by atoms with Crippen molar-refractivity contribution in [3.63, 3.8) is 0 Å². The molecule has 1 aromatic heterocycles. The average Bonchev–Trinajstić information content (AvgIpc) is 1.99. The van der Waals surface area contributed by atoms with Gasteiger partial charge < -0.3 is 5.32 Å². The molecule has 0 radical (unpaired) electrons. The molecule has 4 nitrogen and oxygen atoms in total. The highest BCUT2D eigenvalue weighted by atomic mass is 19.1. The Morgan fingerprint density at radius 2 is 1.75 bits per heavy atom. The summed E-state index contributed by atoms with van der Waals surface area (Å²) in [6, 6.07) is 0. The predicted molar refractivity (Wildman–Crippen MR) is 38.5 cm³/mol. The predicted octanol–water partition coefficient (Wildman–Crippen LogP) is 0.972. The van der Waals surface area contributed by atoms with E-state index in [0.29, 0.717) is 6.54 Å². The molecule has 0 saturated carbocycles. The maximum atomic E-state index is 12.3. The minimum Gasteiger partial charge on any atom is -0.354 e. The molecule has 0 atom stereocenters. The van der Waals surface area contributed by atoms with Crippen LogP contribution in [0.2, 0.25) is 0 Å². The van der Waals surface area contributed by atoms with Gasteiger partial charge in [-0.15, -0.1) is 0 Å². The van der Waals surface area contributed by atoms with Crippen LogP contribution in [0.15, 0.2) is 0 Å². The van der Waals surface area contributed by atoms with Gasteiger partial charge in [-0.05, 0) is 6.42 Å². The van der Waals surface area contributed by atoms with Gasteiger partial charge in [0.2, 0.25) is 5.95 Å². The topological polar surface area (TPSA) is 50.7 Å². The quantitative estimate of drug-likeness (QED) is 0.741. The molecule has 1 aromatic rings. The van der Waals surface area contributed by atoms with Crippen LogP contribution in [0.4, 0.5) is 14.7 Å². The van der Waals surface area contributed by atoms with Crippen molar-refractivity contribution in [2.75, 3.05) is 11.9 Å². The summed E-state index contributed by atoms with van der Waals surface area (Å²) in [4.78, 5) is 9.21. The van der Waals surface area contributed by atoms with Crippen LogP contribution in [0.25, 0.3) is 0 Å². The van der Waals surface area contributed by atoms with Crippen LogP contribution in [0.5, 0.6) is 0 Å². The number of rotatable bonds is 3. The lowest BCUT2D eigenvalue weighted by Crippen LogP contribution is -2.08. The van der Waals surface area contributed by atoms with Crippen LogP contribution in [-0.2, 0) is 0 Å². The monoisotopic (exact) mass is 174 g/mol. The van der Waals surface area contributed by atoms with Gasteiger partial charge in [-0.2, -0.15) is 23.7 Å². The standard InChI is InChI=1S/C6H8F2N4/c1-2-3-9-6-11-4(7)10-5(8)12-6/h2-3H2,1H3,(H,9,10,11,12). The first-order chi connectivity index (χ1) is 5.72. The first kappa shape index (κ1) is 8.76. The van der Waals surface area contributed by atoms with Crippen molar-refractivity contribution in [2.24, 2.45) is 0 Å². The Labute approximate surface area is 68.1 Å². The Morgan fingerprint density at radius 1 is 1.17 bits per heavy atom. The van der Waals surface area contributed by atoms with Gasteiger partial charge in [0, 0.05) is 6.54 Å². The molecule has 12 heavy (non-hydrogen) atoms. The molecule has 1 heterocycles. The number of nitrogens with one attached hydrogen (secondary N) is 1. The van der Waals surface area contributed by atoms with Gasteiger partial charge in [-0.25, -0.2) is 0 Å². The van der Waals surface area contributed by atoms with Gasteiger partial charge in [-0.1, -0.05) is 6.92 Å². The molecule has 66 valence electrons. The molecule has 0 aliphatic carbocycles. The number of hydrogen-bond donors (Lipinski definition) is 1. The smallest absolute Gasteiger partial charge is 0.315 e. The van der Waals surface area contributed by atoms with Gasteiger partial charge >= 0.3 is 12.2 Å². The molecule has 6 heteroatoms. The van der Waals surface area contributed by atoms with Crippen molar-refractivity contribution >= 4 is 5.95 Å². The Balaban J connectivity index is 2.72. The summed E-state index contributed by atoms with van der Waals surface area (Å²) < 4.78 is 24.6. The molecule has 0 bridgehead atoms. The lowest BCUT2D eigenvalue weighted by molar-refractivity contribution is 0.457. The van der Waals surface area contributed by atoms with Crippen LogP contribution >= 0.6 is 0 Å². The zero-order chi connectivity index (χ0) is 8.97. The van der Waals surface area contributed by atoms with Gasteiger partial charge in [0.25, 0.3) is 0 Å². The highest BCUT2D eigenvalue weighted by molar-refractivity contribution is 5.20. The Morgan fingerprint density at radius 3 is 2.25 bits per heavy atom. The van der Waals surface area contributed by atoms with Crippen molar-refractivity contribution in [1.29, 1.82) is 0 Å². The normalized spacial score (nSPS) is 9.92. The second-order valence-electron chi connectivity index (χ2n) is 2.12. The van der Waals surface area contributed by atoms with Gasteiger partial charge in [0.1, 0.15) is 0 Å². The Bertz CT molecular complexity index is 245. The van der Waals surface area contributed by atoms with E-state index in [1.807, 2.05) is 6.92 Å². The third-order valence-electron chi connectivity index (χ3n) is 1.11. The van der Waals surface area contributed by atoms with Gasteiger partial charge in [0.15, 0.2) is 0 Å². The number of nitrogens with zero attached hydrogens (tertiary/aromatic N) is 3. The van der Waals surface area contributed by atoms with Crippen molar-refractivity contribution in [2.45, 2.75) is 13.3 Å². The molecule has 1 rings (SSSR count). The van der Waals surface area contributed by atoms with Gasteiger partial charge in [-0.3, -0.25) is 0 Å². The molecule has 0 unspecified atom stereocenters. The summed E-state index contributed by atoms with van der Waals surface area (Å²) in [6.45, 7) is 2.49. The maximum absolute atomic E-state index is 12.3. The van der Waals surface area contributed by atoms with E-state index in [1.165, 1.54) is 0 Å². The van der Waals surface area contributed by atoms with Crippen molar-refractivity contribution in [1.82, 2.24) is 15.0 Å². The zero-order valence-electron chi connectivity index (χ0n) is 6.51. The highest BCUT2D eigenvalue weighted by Gasteiger charge is 2.03. The lowest BCUT2D eigenvalue weighted by atomic mass is 10.5. The molecule has 1 N–H and O–H groups in total. The summed E-state index contributed by atoms with van der Waals surface area (Å²) in [5.74, 6) is -0.0677. The van der Waals surface area contributed by atoms with E-state index in [9.17, 15) is 8.78 Å². The molecular formula is C6H8F2N4. The average molecular weight is 174 g/mol. The first-order valence-corrected chi connectivity index (χ1v) is 3.53. The van der Waals surface area contributed by atoms with Crippen LogP contribution in [0.3, 0.4) is 0 Å². The molecule has 0 aliphatic heterocycles. The van der Waals surface area contributed by atoms with Crippen molar-refractivity contribution in [3.05, 3.63) is 12.2 Å². The van der Waals surface area contributed by atoms with E-state index in [0.717, 1.165) is 6.42 Å². The lowest BCUT2D eigenvalue weighted by Gasteiger charge is -2.00. The first-order valence-electron chi connectivity index (χ1n) is 3.53. The zero-order valence-corrected chi connectivity index (χ0v) is 6.51. The molecule has 0 aliphatic rings. The fourth-order valence-electron chi connectivity index (χ4n) is 0.642. The van der Waals surface area contributed by atoms with Crippen LogP contribution in [0.1, 0.15) is 13.3 Å². The van der Waals surface area contributed by atoms with E-state index >= 15 is 0 Å². The number of anilines is 1. The van der Waals surface area contributed by atoms with E-state index in [4.69, 9.17) is 0 Å². The minimum absolute atomic E-state index is 0.0677. The molecule has 0 saturated heterocycles. The van der Waals surface area contributed by atoms with E-state index < -0.39 is 12.2 Å². The third-order valence-corrected chi connectivity index (χ3v) is 1.11. The van der Waals surface area contributed by atoms with Crippen LogP contribution < -0.4 is 5.32 Å². The molecule has 0 amide bonds. The fraction of sp³-hybridized carbons (Fsp3) is 0.500. The Hall–Kier alpha value is -1.33. The molecule has 0 aromatic carbocycles. The second-order valence-corrected chi connectivity index (χ2v) is 2.12. The minimum atomic E-state index is -1.11. The fourth-order valence-corrected chi connectivity index (χ4v) is 0.642. The number of hydrogen-bond acceptors (Lipinski definition) is 4. The van der Waals surface area contributed by atoms with E-state index in [2.05, 4.69) is 20.3 Å². The Kier molecular flexibility index (Phi) is 2.84. The van der Waals surface area contributed by atoms with Crippen molar-refractivity contribution in [3.8, 4) is 0 Å². The number of halogens is 2. The molecule has 0 spiro atoms. The summed E-state index contributed by atoms with van der Waals surface area (Å²) in [6.07, 6.45) is -1.39. The SMILES string of the molecule is CCCNc1nc(F)nc(F)n1. The third kappa shape index (κ3) is 2.37. The summed E-state index contributed by atoms with van der Waals surface area (Å²) in [5, 5.41) is 2.63. The maximum Gasteiger partial charge on any atom is 0.315 e. The summed E-state index contributed by atoms with van der Waals surface area (Å²) >= 11 is 0.